The van der Waals surface area contributed by atoms with Crippen LogP contribution in [0.15, 0.2) is 0 Å². The van der Waals surface area contributed by atoms with Crippen LogP contribution in [0.3, 0.4) is 0 Å². The van der Waals surface area contributed by atoms with Crippen LogP contribution in [0, 0.1) is 0 Å². The van der Waals surface area contributed by atoms with Gasteiger partial charge in [-0.1, -0.05) is 13.8 Å². The number of likely N-dealkylation sites (N-methyl/N-ethyl adjacent to an activating group) is 2. The summed E-state index contributed by atoms with van der Waals surface area (Å²) in [6.07, 6.45) is 1.28. The van der Waals surface area contributed by atoms with Crippen molar-refractivity contribution >= 4 is 0 Å². The highest BCUT2D eigenvalue weighted by Gasteiger charge is 2.01. The van der Waals surface area contributed by atoms with Crippen LogP contribution >= 0.6 is 0 Å². The van der Waals surface area contributed by atoms with Crippen molar-refractivity contribution in [3.05, 3.63) is 0 Å². The van der Waals surface area contributed by atoms with E-state index >= 15 is 0 Å². The Morgan fingerprint density at radius 3 is 2.21 bits per heavy atom. The molecule has 0 aromatic rings. The van der Waals surface area contributed by atoms with Gasteiger partial charge in [0.2, 0.25) is 0 Å². The second-order valence-corrected chi connectivity index (χ2v) is 3.79. The zero-order chi connectivity index (χ0) is 10.8. The molecular formula is C11H27N3. The van der Waals surface area contributed by atoms with E-state index in [1.807, 2.05) is 7.05 Å². The van der Waals surface area contributed by atoms with Gasteiger partial charge in [0.15, 0.2) is 0 Å². The summed E-state index contributed by atoms with van der Waals surface area (Å²) in [5, 5.41) is 3.19. The Balaban J connectivity index is 3.42. The molecule has 86 valence electrons. The molecule has 0 bridgehead atoms. The second kappa shape index (κ2) is 9.44. The van der Waals surface area contributed by atoms with E-state index in [0.29, 0.717) is 0 Å². The molecule has 0 saturated heterocycles. The smallest absolute Gasteiger partial charge is 0.0107 e. The number of rotatable bonds is 9. The lowest BCUT2D eigenvalue weighted by atomic mass is 10.3. The molecule has 3 heteroatoms. The summed E-state index contributed by atoms with van der Waals surface area (Å²) >= 11 is 0. The van der Waals surface area contributed by atoms with E-state index in [9.17, 15) is 0 Å². The molecule has 14 heavy (non-hydrogen) atoms. The average molecular weight is 201 g/mol. The van der Waals surface area contributed by atoms with E-state index in [4.69, 9.17) is 0 Å². The Morgan fingerprint density at radius 1 is 1.00 bits per heavy atom. The molecule has 1 N–H and O–H groups in total. The molecule has 0 saturated carbocycles. The Morgan fingerprint density at radius 2 is 1.71 bits per heavy atom. The SMILES string of the molecule is CCN(C)CCCN(CC)CCNC. The fourth-order valence-electron chi connectivity index (χ4n) is 1.42. The van der Waals surface area contributed by atoms with Crippen molar-refractivity contribution in [2.24, 2.45) is 0 Å². The molecule has 0 atom stereocenters. The van der Waals surface area contributed by atoms with E-state index in [1.54, 1.807) is 0 Å². The van der Waals surface area contributed by atoms with Crippen molar-refractivity contribution in [1.29, 1.82) is 0 Å². The summed E-state index contributed by atoms with van der Waals surface area (Å²) in [4.78, 5) is 4.87. The summed E-state index contributed by atoms with van der Waals surface area (Å²) in [5.74, 6) is 0. The maximum atomic E-state index is 3.19. The van der Waals surface area contributed by atoms with E-state index in [2.05, 4.69) is 36.0 Å². The van der Waals surface area contributed by atoms with Gasteiger partial charge in [0.25, 0.3) is 0 Å². The highest BCUT2D eigenvalue weighted by molar-refractivity contribution is 4.58. The fraction of sp³-hybridized carbons (Fsp3) is 1.00. The van der Waals surface area contributed by atoms with Crippen LogP contribution in [0.4, 0.5) is 0 Å². The maximum absolute atomic E-state index is 3.19. The van der Waals surface area contributed by atoms with Crippen LogP contribution in [0.25, 0.3) is 0 Å². The third-order valence-electron chi connectivity index (χ3n) is 2.68. The van der Waals surface area contributed by atoms with Gasteiger partial charge >= 0.3 is 0 Å². The standard InChI is InChI=1S/C11H27N3/c1-5-13(4)9-7-10-14(6-2)11-8-12-3/h12H,5-11H2,1-4H3. The molecule has 0 rings (SSSR count). The predicted molar refractivity (Wildman–Crippen MR) is 63.8 cm³/mol. The lowest BCUT2D eigenvalue weighted by Crippen LogP contribution is -2.33. The molecule has 0 aromatic heterocycles. The van der Waals surface area contributed by atoms with Crippen LogP contribution in [-0.2, 0) is 0 Å². The topological polar surface area (TPSA) is 18.5 Å². The van der Waals surface area contributed by atoms with E-state index < -0.39 is 0 Å². The zero-order valence-electron chi connectivity index (χ0n) is 10.3. The first-order chi connectivity index (χ1) is 6.74. The molecule has 0 amide bonds. The van der Waals surface area contributed by atoms with Crippen LogP contribution < -0.4 is 5.32 Å². The van der Waals surface area contributed by atoms with Crippen molar-refractivity contribution in [1.82, 2.24) is 15.1 Å². The van der Waals surface area contributed by atoms with Crippen LogP contribution in [0.5, 0.6) is 0 Å². The molecule has 0 radical (unpaired) electrons. The Kier molecular flexibility index (Phi) is 9.35. The van der Waals surface area contributed by atoms with Gasteiger partial charge in [0, 0.05) is 13.1 Å². The van der Waals surface area contributed by atoms with Crippen LogP contribution in [-0.4, -0.2) is 63.2 Å². The Labute approximate surface area is 89.5 Å². The van der Waals surface area contributed by atoms with E-state index in [1.165, 1.54) is 26.1 Å². The highest BCUT2D eigenvalue weighted by atomic mass is 15.1. The zero-order valence-corrected chi connectivity index (χ0v) is 10.3. The quantitative estimate of drug-likeness (QED) is 0.597. The molecular weight excluding hydrogens is 174 g/mol. The lowest BCUT2D eigenvalue weighted by Gasteiger charge is -2.21. The van der Waals surface area contributed by atoms with Crippen LogP contribution in [0.1, 0.15) is 20.3 Å². The molecule has 0 aliphatic rings. The van der Waals surface area contributed by atoms with Crippen molar-refractivity contribution in [2.45, 2.75) is 20.3 Å². The molecule has 0 aromatic carbocycles. The molecule has 3 nitrogen and oxygen atoms in total. The Hall–Kier alpha value is -0.120. The number of hydrogen-bond donors (Lipinski definition) is 1. The molecule has 0 aliphatic carbocycles. The van der Waals surface area contributed by atoms with E-state index in [-0.39, 0.29) is 0 Å². The normalized spacial score (nSPS) is 11.6. The van der Waals surface area contributed by atoms with E-state index in [0.717, 1.165) is 19.6 Å². The monoisotopic (exact) mass is 201 g/mol. The largest absolute Gasteiger partial charge is 0.318 e. The number of nitrogens with one attached hydrogen (secondary N) is 1. The van der Waals surface area contributed by atoms with Gasteiger partial charge in [-0.05, 0) is 46.7 Å². The van der Waals surface area contributed by atoms with Crippen molar-refractivity contribution in [3.8, 4) is 0 Å². The molecule has 0 aliphatic heterocycles. The third-order valence-corrected chi connectivity index (χ3v) is 2.68. The van der Waals surface area contributed by atoms with Gasteiger partial charge < -0.3 is 15.1 Å². The van der Waals surface area contributed by atoms with Gasteiger partial charge in [0.05, 0.1) is 0 Å². The van der Waals surface area contributed by atoms with Gasteiger partial charge in [-0.2, -0.15) is 0 Å². The molecule has 0 fully saturated rings. The highest BCUT2D eigenvalue weighted by Crippen LogP contribution is 1.92. The van der Waals surface area contributed by atoms with Crippen molar-refractivity contribution in [2.75, 3.05) is 53.4 Å². The summed E-state index contributed by atoms with van der Waals surface area (Å²) in [5.41, 5.74) is 0. The first kappa shape index (κ1) is 13.9. The third kappa shape index (κ3) is 7.30. The fourth-order valence-corrected chi connectivity index (χ4v) is 1.42. The predicted octanol–water partition coefficient (Wildman–Crippen LogP) is 0.870. The number of hydrogen-bond acceptors (Lipinski definition) is 3. The van der Waals surface area contributed by atoms with Crippen molar-refractivity contribution < 1.29 is 0 Å². The summed E-state index contributed by atoms with van der Waals surface area (Å²) in [6.45, 7) is 11.5. The minimum absolute atomic E-state index is 1.09. The molecule has 0 spiro atoms. The summed E-state index contributed by atoms with van der Waals surface area (Å²) < 4.78 is 0. The van der Waals surface area contributed by atoms with Crippen molar-refractivity contribution in [3.63, 3.8) is 0 Å². The van der Waals surface area contributed by atoms with Gasteiger partial charge in [-0.25, -0.2) is 0 Å². The van der Waals surface area contributed by atoms with Gasteiger partial charge in [-0.15, -0.1) is 0 Å². The van der Waals surface area contributed by atoms with Crippen LogP contribution in [0.2, 0.25) is 0 Å². The second-order valence-electron chi connectivity index (χ2n) is 3.79. The summed E-state index contributed by atoms with van der Waals surface area (Å²) in [6, 6.07) is 0. The van der Waals surface area contributed by atoms with Gasteiger partial charge in [-0.3, -0.25) is 0 Å². The Bertz CT molecular complexity index is 117. The number of nitrogens with zero attached hydrogens (tertiary/aromatic N) is 2. The average Bonchev–Trinajstić information content (AvgIpc) is 2.22. The summed E-state index contributed by atoms with van der Waals surface area (Å²) in [7, 11) is 4.20. The first-order valence-corrected chi connectivity index (χ1v) is 5.80. The van der Waals surface area contributed by atoms with Gasteiger partial charge in [0.1, 0.15) is 0 Å². The lowest BCUT2D eigenvalue weighted by molar-refractivity contribution is 0.259. The molecule has 0 heterocycles. The maximum Gasteiger partial charge on any atom is 0.0107 e. The minimum Gasteiger partial charge on any atom is -0.318 e. The first-order valence-electron chi connectivity index (χ1n) is 5.80. The molecule has 0 unspecified atom stereocenters. The minimum atomic E-state index is 1.09.